The third-order valence-electron chi connectivity index (χ3n) is 4.10. The van der Waals surface area contributed by atoms with Crippen molar-refractivity contribution in [2.45, 2.75) is 51.9 Å². The second kappa shape index (κ2) is 6.03. The molecule has 3 rings (SSSR count). The van der Waals surface area contributed by atoms with Crippen molar-refractivity contribution < 1.29 is 4.39 Å². The molecule has 21 heavy (non-hydrogen) atoms. The summed E-state index contributed by atoms with van der Waals surface area (Å²) in [6.07, 6.45) is 2.56. The van der Waals surface area contributed by atoms with Crippen molar-refractivity contribution in [3.63, 3.8) is 0 Å². The first kappa shape index (κ1) is 14.9. The molecule has 1 heterocycles. The summed E-state index contributed by atoms with van der Waals surface area (Å²) in [4.78, 5) is 3.64. The average molecular weight is 306 g/mol. The fraction of sp³-hybridized carbons (Fsp3) is 0.529. The highest BCUT2D eigenvalue weighted by molar-refractivity contribution is 7.19. The molecule has 1 aliphatic carbocycles. The van der Waals surface area contributed by atoms with Gasteiger partial charge >= 0.3 is 0 Å². The van der Waals surface area contributed by atoms with Crippen LogP contribution in [0.5, 0.6) is 0 Å². The number of hydrogen-bond acceptors (Lipinski definition) is 3. The van der Waals surface area contributed by atoms with Gasteiger partial charge in [-0.3, -0.25) is 4.90 Å². The van der Waals surface area contributed by atoms with Crippen molar-refractivity contribution in [2.75, 3.05) is 7.05 Å². The molecule has 0 spiro atoms. The molecule has 0 unspecified atom stereocenters. The highest BCUT2D eigenvalue weighted by Gasteiger charge is 2.27. The minimum absolute atomic E-state index is 0.0845. The Labute approximate surface area is 130 Å². The molecule has 114 valence electrons. The first-order chi connectivity index (χ1) is 10.1. The van der Waals surface area contributed by atoms with E-state index in [0.29, 0.717) is 12.1 Å². The Morgan fingerprint density at radius 2 is 2.14 bits per heavy atom. The lowest BCUT2D eigenvalue weighted by Crippen LogP contribution is -2.24. The van der Waals surface area contributed by atoms with Crippen LogP contribution in [0, 0.1) is 5.82 Å². The largest absolute Gasteiger partial charge is 0.310 e. The van der Waals surface area contributed by atoms with Crippen LogP contribution in [0.2, 0.25) is 0 Å². The highest BCUT2D eigenvalue weighted by Crippen LogP contribution is 2.36. The Bertz CT molecular complexity index is 631. The molecule has 1 aliphatic rings. The van der Waals surface area contributed by atoms with Crippen molar-refractivity contribution in [1.82, 2.24) is 10.2 Å². The summed E-state index contributed by atoms with van der Waals surface area (Å²) in [5.74, 6) is -0.0845. The number of fused-ring (bicyclic) bond motifs is 1. The van der Waals surface area contributed by atoms with Gasteiger partial charge in [-0.25, -0.2) is 4.39 Å². The highest BCUT2D eigenvalue weighted by atomic mass is 32.1. The quantitative estimate of drug-likeness (QED) is 0.863. The lowest BCUT2D eigenvalue weighted by molar-refractivity contribution is 0.316. The molecule has 4 heteroatoms. The van der Waals surface area contributed by atoms with E-state index < -0.39 is 0 Å². The molecule has 1 fully saturated rings. The van der Waals surface area contributed by atoms with Crippen molar-refractivity contribution in [3.05, 3.63) is 34.5 Å². The van der Waals surface area contributed by atoms with Crippen molar-refractivity contribution in [3.8, 4) is 0 Å². The molecule has 0 bridgehead atoms. The first-order valence-corrected chi connectivity index (χ1v) is 8.50. The van der Waals surface area contributed by atoms with Crippen LogP contribution in [0.3, 0.4) is 0 Å². The Hall–Kier alpha value is -0.970. The smallest absolute Gasteiger partial charge is 0.132 e. The number of benzene rings is 1. The summed E-state index contributed by atoms with van der Waals surface area (Å²) in [5.41, 5.74) is 1.18. The van der Waals surface area contributed by atoms with Gasteiger partial charge in [0.25, 0.3) is 0 Å². The third-order valence-corrected chi connectivity index (χ3v) is 5.29. The fourth-order valence-corrected chi connectivity index (χ4v) is 3.90. The van der Waals surface area contributed by atoms with Gasteiger partial charge < -0.3 is 5.32 Å². The number of rotatable bonds is 6. The SMILES string of the molecule is CC(C)NCc1sc2cccc(F)c2c1CN(C)C1CC1. The van der Waals surface area contributed by atoms with E-state index in [4.69, 9.17) is 0 Å². The predicted molar refractivity (Wildman–Crippen MR) is 88.2 cm³/mol. The van der Waals surface area contributed by atoms with Gasteiger partial charge in [0, 0.05) is 40.1 Å². The molecule has 1 N–H and O–H groups in total. The Balaban J connectivity index is 1.96. The zero-order valence-corrected chi connectivity index (χ0v) is 13.8. The van der Waals surface area contributed by atoms with E-state index in [0.717, 1.165) is 23.2 Å². The topological polar surface area (TPSA) is 15.3 Å². The minimum Gasteiger partial charge on any atom is -0.310 e. The van der Waals surface area contributed by atoms with Crippen LogP contribution >= 0.6 is 11.3 Å². The molecule has 1 saturated carbocycles. The van der Waals surface area contributed by atoms with Crippen molar-refractivity contribution in [2.24, 2.45) is 0 Å². The van der Waals surface area contributed by atoms with Crippen LogP contribution in [0.4, 0.5) is 4.39 Å². The number of nitrogens with one attached hydrogen (secondary N) is 1. The molecular weight excluding hydrogens is 283 g/mol. The molecule has 1 aromatic heterocycles. The van der Waals surface area contributed by atoms with Gasteiger partial charge in [-0.1, -0.05) is 19.9 Å². The van der Waals surface area contributed by atoms with Crippen LogP contribution in [0.25, 0.3) is 10.1 Å². The van der Waals surface area contributed by atoms with Gasteiger partial charge in [0.2, 0.25) is 0 Å². The van der Waals surface area contributed by atoms with Crippen LogP contribution in [-0.2, 0) is 13.1 Å². The normalized spacial score (nSPS) is 15.5. The van der Waals surface area contributed by atoms with Gasteiger partial charge in [0.15, 0.2) is 0 Å². The van der Waals surface area contributed by atoms with Crippen LogP contribution in [0.1, 0.15) is 37.1 Å². The maximum atomic E-state index is 14.3. The maximum absolute atomic E-state index is 14.3. The summed E-state index contributed by atoms with van der Waals surface area (Å²) in [5, 5.41) is 4.30. The molecule has 2 aromatic rings. The molecule has 0 amide bonds. The zero-order chi connectivity index (χ0) is 15.0. The molecule has 2 nitrogen and oxygen atoms in total. The summed E-state index contributed by atoms with van der Waals surface area (Å²) in [6, 6.07) is 6.55. The van der Waals surface area contributed by atoms with Crippen LogP contribution in [0.15, 0.2) is 18.2 Å². The van der Waals surface area contributed by atoms with Gasteiger partial charge in [0.05, 0.1) is 0 Å². The van der Waals surface area contributed by atoms with E-state index >= 15 is 0 Å². The second-order valence-corrected chi connectivity index (χ2v) is 7.44. The summed E-state index contributed by atoms with van der Waals surface area (Å²) < 4.78 is 15.4. The maximum Gasteiger partial charge on any atom is 0.132 e. The Kier molecular flexibility index (Phi) is 4.29. The van der Waals surface area contributed by atoms with Gasteiger partial charge in [-0.2, -0.15) is 0 Å². The number of thiophene rings is 1. The standard InChI is InChI=1S/C17H23FN2S/c1-11(2)19-9-16-13(10-20(3)12-7-8-12)17-14(18)5-4-6-15(17)21-16/h4-6,11-12,19H,7-10H2,1-3H3. The van der Waals surface area contributed by atoms with E-state index in [1.54, 1.807) is 17.4 Å². The van der Waals surface area contributed by atoms with E-state index in [-0.39, 0.29) is 5.82 Å². The second-order valence-electron chi connectivity index (χ2n) is 6.30. The summed E-state index contributed by atoms with van der Waals surface area (Å²) in [7, 11) is 2.15. The molecule has 0 aliphatic heterocycles. The molecule has 0 atom stereocenters. The number of halogens is 1. The van der Waals surface area contributed by atoms with E-state index in [1.165, 1.54) is 23.3 Å². The van der Waals surface area contributed by atoms with Gasteiger partial charge in [-0.05, 0) is 37.6 Å². The molecule has 0 saturated heterocycles. The summed E-state index contributed by atoms with van der Waals surface area (Å²) >= 11 is 1.72. The van der Waals surface area contributed by atoms with Crippen LogP contribution < -0.4 is 5.32 Å². The average Bonchev–Trinajstić information content (AvgIpc) is 3.21. The molecular formula is C17H23FN2S. The van der Waals surface area contributed by atoms with Crippen molar-refractivity contribution >= 4 is 21.4 Å². The first-order valence-electron chi connectivity index (χ1n) is 7.68. The summed E-state index contributed by atoms with van der Waals surface area (Å²) in [6.45, 7) is 5.96. The number of nitrogens with zero attached hydrogens (tertiary/aromatic N) is 1. The van der Waals surface area contributed by atoms with Gasteiger partial charge in [-0.15, -0.1) is 11.3 Å². The van der Waals surface area contributed by atoms with E-state index in [2.05, 4.69) is 31.1 Å². The predicted octanol–water partition coefficient (Wildman–Crippen LogP) is 4.13. The lowest BCUT2D eigenvalue weighted by atomic mass is 10.1. The Morgan fingerprint density at radius 3 is 2.81 bits per heavy atom. The van der Waals surface area contributed by atoms with Gasteiger partial charge in [0.1, 0.15) is 5.82 Å². The van der Waals surface area contributed by atoms with E-state index in [9.17, 15) is 4.39 Å². The lowest BCUT2D eigenvalue weighted by Gasteiger charge is -2.17. The zero-order valence-electron chi connectivity index (χ0n) is 12.9. The van der Waals surface area contributed by atoms with Crippen molar-refractivity contribution in [1.29, 1.82) is 0 Å². The minimum atomic E-state index is -0.0845. The third kappa shape index (κ3) is 3.28. The van der Waals surface area contributed by atoms with E-state index in [1.807, 2.05) is 12.1 Å². The van der Waals surface area contributed by atoms with Crippen LogP contribution in [-0.4, -0.2) is 24.0 Å². The monoisotopic (exact) mass is 306 g/mol. The molecule has 1 aromatic carbocycles. The number of hydrogen-bond donors (Lipinski definition) is 1. The Morgan fingerprint density at radius 1 is 1.38 bits per heavy atom. The molecule has 0 radical (unpaired) electrons. The fourth-order valence-electron chi connectivity index (χ4n) is 2.72.